The maximum atomic E-state index is 14.7. The number of methoxy groups -OCH3 is 1. The van der Waals surface area contributed by atoms with Crippen molar-refractivity contribution in [1.29, 1.82) is 0 Å². The molecule has 1 aliphatic rings. The lowest BCUT2D eigenvalue weighted by molar-refractivity contribution is 0.0390. The number of fused-ring (bicyclic) bond motifs is 4. The number of hydrogen-bond donors (Lipinski definition) is 0. The number of anilines is 3. The Bertz CT molecular complexity index is 5740. The number of benzene rings is 14. The van der Waals surface area contributed by atoms with Gasteiger partial charge in [-0.1, -0.05) is 229 Å². The Labute approximate surface area is 655 Å². The Hall–Kier alpha value is -10.6. The molecule has 0 spiro atoms. The summed E-state index contributed by atoms with van der Waals surface area (Å²) in [5, 5.41) is 11.6. The van der Waals surface area contributed by atoms with Gasteiger partial charge >= 0.3 is 11.9 Å². The summed E-state index contributed by atoms with van der Waals surface area (Å²) in [4.78, 5) is 31.7. The molecule has 15 rings (SSSR count). The molecule has 0 radical (unpaired) electrons. The molecule has 568 valence electrons. The summed E-state index contributed by atoms with van der Waals surface area (Å²) < 4.78 is 41.5. The summed E-state index contributed by atoms with van der Waals surface area (Å²) in [5.74, 6) is 3.88. The van der Waals surface area contributed by atoms with Gasteiger partial charge in [0.05, 0.1) is 23.9 Å². The standard InChI is InChI=1S/C102H107NO8/c1-60-23-33-65(34-24-60)103(66-35-45-67(106-22)46-36-66)79-55-83(110-71-43-31-64(32-44-71)102(20,21)59-98(11,12)13)88-74-48-50-76-85-75(49-47-73(84(74)85)87-80(52-51-72(79)91(87)88)107-68-37-25-61(26-38-68)99(14,15)56-95(2,3)4)89-81(108-69-39-27-62(28-40-69)100(16,17)57-96(5,6)7)53-77-86-78(94(105)111-93(77)104)54-82(90(76)92(86)89)109-70-41-29-63(30-42-70)101(18,19)58-97(8,9)10/h23-55H,56-59H2,1-22H3. The van der Waals surface area contributed by atoms with E-state index < -0.39 is 11.9 Å². The number of carbonyl (C=O) groups is 2. The zero-order chi connectivity index (χ0) is 79.2. The second kappa shape index (κ2) is 27.1. The predicted molar refractivity (Wildman–Crippen MR) is 462 cm³/mol. The number of cyclic esters (lactones) is 2. The summed E-state index contributed by atoms with van der Waals surface area (Å²) in [6.07, 6.45) is 3.91. The summed E-state index contributed by atoms with van der Waals surface area (Å²) in [6, 6.07) is 70.0. The van der Waals surface area contributed by atoms with Gasteiger partial charge in [0, 0.05) is 60.5 Å². The Morgan fingerprint density at radius 3 is 0.910 bits per heavy atom. The number of carbonyl (C=O) groups excluding carboxylic acids is 2. The van der Waals surface area contributed by atoms with Crippen LogP contribution < -0.4 is 28.6 Å². The van der Waals surface area contributed by atoms with Crippen LogP contribution in [0.3, 0.4) is 0 Å². The van der Waals surface area contributed by atoms with Crippen LogP contribution in [0, 0.1) is 28.6 Å². The second-order valence-corrected chi connectivity index (χ2v) is 39.1. The lowest BCUT2D eigenvalue weighted by Crippen LogP contribution is -2.24. The predicted octanol–water partition coefficient (Wildman–Crippen LogP) is 29.8. The quantitative estimate of drug-likeness (QED) is 0.0320. The highest BCUT2D eigenvalue weighted by Gasteiger charge is 2.38. The minimum atomic E-state index is -0.754. The maximum absolute atomic E-state index is 14.7. The molecule has 111 heavy (non-hydrogen) atoms. The molecule has 1 aliphatic heterocycles. The normalized spacial score (nSPS) is 13.6. The van der Waals surface area contributed by atoms with Crippen molar-refractivity contribution in [2.75, 3.05) is 12.0 Å². The molecule has 14 aromatic carbocycles. The Kier molecular flexibility index (Phi) is 18.5. The molecule has 0 bridgehead atoms. The Morgan fingerprint density at radius 2 is 0.577 bits per heavy atom. The molecular weight excluding hydrogens is 1370 g/mol. The molecule has 0 unspecified atom stereocenters. The molecule has 0 atom stereocenters. The van der Waals surface area contributed by atoms with Crippen LogP contribution in [-0.4, -0.2) is 19.0 Å². The number of hydrogen-bond acceptors (Lipinski definition) is 9. The zero-order valence-electron chi connectivity index (χ0n) is 69.1. The third-order valence-electron chi connectivity index (χ3n) is 22.6. The van der Waals surface area contributed by atoms with Crippen LogP contribution >= 0.6 is 0 Å². The van der Waals surface area contributed by atoms with Crippen molar-refractivity contribution < 1.29 is 38.0 Å². The molecule has 0 saturated carbocycles. The number of ether oxygens (including phenoxy) is 6. The smallest absolute Gasteiger partial charge is 0.346 e. The maximum Gasteiger partial charge on any atom is 0.346 e. The van der Waals surface area contributed by atoms with Crippen molar-refractivity contribution in [3.63, 3.8) is 0 Å². The molecule has 0 saturated heterocycles. The lowest BCUT2D eigenvalue weighted by Gasteiger charge is -2.33. The van der Waals surface area contributed by atoms with Gasteiger partial charge in [-0.25, -0.2) is 9.59 Å². The SMILES string of the molecule is COc1ccc(N(c2ccc(C)cc2)c2cc(Oc3ccc(C(C)(C)CC(C)(C)C)cc3)c3c4ccc5c6c(Oc7ccc(C(C)(C)CC(C)(C)C)cc7)cc7c8c(cc(Oc9ccc(C(C)(C)CC(C)(C)C)cc9)c(c9ccc(c%10c(Oc%11ccc(C(C)(C)CC(C)(C)C)cc%11)ccc2c%103)c4c95)c86)C(=O)OC7=O)cc1. The van der Waals surface area contributed by atoms with Gasteiger partial charge in [-0.15, -0.1) is 0 Å². The minimum absolute atomic E-state index is 0.0831. The van der Waals surface area contributed by atoms with E-state index in [2.05, 4.69) is 302 Å². The number of esters is 2. The highest BCUT2D eigenvalue weighted by atomic mass is 16.6. The van der Waals surface area contributed by atoms with Crippen molar-refractivity contribution in [3.8, 4) is 51.7 Å². The van der Waals surface area contributed by atoms with Gasteiger partial charge in [0.25, 0.3) is 0 Å². The van der Waals surface area contributed by atoms with E-state index in [4.69, 9.17) is 28.4 Å². The van der Waals surface area contributed by atoms with Crippen LogP contribution in [0.25, 0.3) is 75.4 Å². The van der Waals surface area contributed by atoms with E-state index in [-0.39, 0.29) is 54.4 Å². The van der Waals surface area contributed by atoms with Crippen molar-refractivity contribution in [3.05, 3.63) is 239 Å². The summed E-state index contributed by atoms with van der Waals surface area (Å²) in [6.45, 7) is 48.1. The summed E-state index contributed by atoms with van der Waals surface area (Å²) >= 11 is 0. The zero-order valence-corrected chi connectivity index (χ0v) is 69.1. The van der Waals surface area contributed by atoms with Crippen molar-refractivity contribution >= 4 is 104 Å². The van der Waals surface area contributed by atoms with Gasteiger partial charge in [0.2, 0.25) is 0 Å². The van der Waals surface area contributed by atoms with Gasteiger partial charge in [0.1, 0.15) is 51.7 Å². The van der Waals surface area contributed by atoms with Crippen LogP contribution in [0.2, 0.25) is 0 Å². The number of rotatable bonds is 20. The van der Waals surface area contributed by atoms with Crippen molar-refractivity contribution in [1.82, 2.24) is 0 Å². The largest absolute Gasteiger partial charge is 0.497 e. The molecule has 0 amide bonds. The first-order valence-electron chi connectivity index (χ1n) is 39.5. The van der Waals surface area contributed by atoms with E-state index in [1.165, 1.54) is 22.3 Å². The summed E-state index contributed by atoms with van der Waals surface area (Å²) in [7, 11) is 1.70. The minimum Gasteiger partial charge on any atom is -0.497 e. The van der Waals surface area contributed by atoms with Crippen molar-refractivity contribution in [2.45, 2.75) is 193 Å². The van der Waals surface area contributed by atoms with Gasteiger partial charge in [-0.05, 0) is 240 Å². The molecular formula is C102H107NO8. The first-order valence-corrected chi connectivity index (χ1v) is 39.5. The first kappa shape index (κ1) is 75.8. The van der Waals surface area contributed by atoms with Crippen LogP contribution in [-0.2, 0) is 26.4 Å². The van der Waals surface area contributed by atoms with Gasteiger partial charge < -0.3 is 33.3 Å². The number of nitrogens with zero attached hydrogens (tertiary/aromatic N) is 1. The highest BCUT2D eigenvalue weighted by Crippen LogP contribution is 2.59. The average molecular weight is 1470 g/mol. The topological polar surface area (TPSA) is 92.8 Å². The number of aryl methyl sites for hydroxylation is 1. The van der Waals surface area contributed by atoms with Gasteiger partial charge in [0.15, 0.2) is 0 Å². The molecule has 0 aromatic heterocycles. The van der Waals surface area contributed by atoms with Crippen molar-refractivity contribution in [2.24, 2.45) is 21.7 Å². The van der Waals surface area contributed by atoms with E-state index >= 15 is 0 Å². The Morgan fingerprint density at radius 1 is 0.288 bits per heavy atom. The van der Waals surface area contributed by atoms with E-state index in [0.717, 1.165) is 108 Å². The molecule has 0 N–H and O–H groups in total. The summed E-state index contributed by atoms with van der Waals surface area (Å²) in [5.41, 5.74) is 9.00. The molecule has 1 heterocycles. The fraction of sp³-hybridized carbons (Fsp3) is 0.333. The third-order valence-corrected chi connectivity index (χ3v) is 22.6. The van der Waals surface area contributed by atoms with Crippen LogP contribution in [0.15, 0.2) is 200 Å². The second-order valence-electron chi connectivity index (χ2n) is 39.1. The van der Waals surface area contributed by atoms with Gasteiger partial charge in [-0.3, -0.25) is 0 Å². The fourth-order valence-corrected chi connectivity index (χ4v) is 19.4. The molecule has 0 fully saturated rings. The lowest BCUT2D eigenvalue weighted by atomic mass is 9.72. The molecule has 9 nitrogen and oxygen atoms in total. The third kappa shape index (κ3) is 14.6. The van der Waals surface area contributed by atoms with E-state index in [1.54, 1.807) is 19.2 Å². The average Bonchev–Trinajstić information content (AvgIpc) is 0.674. The van der Waals surface area contributed by atoms with Crippen LogP contribution in [0.1, 0.15) is 213 Å². The Balaban J connectivity index is 1.08. The fourth-order valence-electron chi connectivity index (χ4n) is 19.4. The monoisotopic (exact) mass is 1470 g/mol. The first-order chi connectivity index (χ1) is 52.1. The highest BCUT2D eigenvalue weighted by molar-refractivity contribution is 6.46. The van der Waals surface area contributed by atoms with Crippen LogP contribution in [0.4, 0.5) is 17.1 Å². The molecule has 14 aromatic rings. The van der Waals surface area contributed by atoms with Crippen LogP contribution in [0.5, 0.6) is 51.7 Å². The van der Waals surface area contributed by atoms with E-state index in [1.807, 2.05) is 36.4 Å². The van der Waals surface area contributed by atoms with E-state index in [0.29, 0.717) is 67.5 Å². The van der Waals surface area contributed by atoms with Gasteiger partial charge in [-0.2, -0.15) is 0 Å². The van der Waals surface area contributed by atoms with E-state index in [9.17, 15) is 9.59 Å². The molecule has 0 aliphatic carbocycles. The molecule has 9 heteroatoms.